The third-order valence-electron chi connectivity index (χ3n) is 2.42. The first-order valence-corrected chi connectivity index (χ1v) is 6.18. The number of H-pyrrole nitrogens is 1. The molecule has 0 saturated heterocycles. The Bertz CT molecular complexity index is 675. The average Bonchev–Trinajstić information content (AvgIpc) is 2.26. The van der Waals surface area contributed by atoms with E-state index in [0.717, 1.165) is 0 Å². The van der Waals surface area contributed by atoms with Crippen molar-refractivity contribution in [2.45, 2.75) is 6.92 Å². The summed E-state index contributed by atoms with van der Waals surface area (Å²) in [5.74, 6) is -0.514. The van der Waals surface area contributed by atoms with Crippen molar-refractivity contribution in [2.24, 2.45) is 0 Å². The highest BCUT2D eigenvalue weighted by Gasteiger charge is 2.11. The van der Waals surface area contributed by atoms with Gasteiger partial charge in [-0.15, -0.1) is 0 Å². The van der Waals surface area contributed by atoms with E-state index in [1.807, 2.05) is 0 Å². The number of halogens is 2. The molecule has 0 saturated carbocycles. The van der Waals surface area contributed by atoms with E-state index in [2.05, 4.69) is 10.3 Å². The van der Waals surface area contributed by atoms with E-state index >= 15 is 0 Å². The van der Waals surface area contributed by atoms with E-state index in [4.69, 9.17) is 23.2 Å². The first-order chi connectivity index (χ1) is 8.95. The molecule has 4 nitrogen and oxygen atoms in total. The maximum absolute atomic E-state index is 12.0. The van der Waals surface area contributed by atoms with Crippen molar-refractivity contribution in [2.75, 3.05) is 5.32 Å². The third kappa shape index (κ3) is 3.36. The van der Waals surface area contributed by atoms with Gasteiger partial charge in [0.2, 0.25) is 0 Å². The molecule has 19 heavy (non-hydrogen) atoms. The quantitative estimate of drug-likeness (QED) is 0.894. The molecule has 6 heteroatoms. The summed E-state index contributed by atoms with van der Waals surface area (Å²) in [6, 6.07) is 6.01. The van der Waals surface area contributed by atoms with E-state index in [-0.39, 0.29) is 11.0 Å². The molecule has 0 bridgehead atoms. The normalized spacial score (nSPS) is 10.3. The standard InChI is InChI=1S/C13H10Cl2N2O2/c1-7-2-12(18)11(6-16-7)13(19)17-10-4-8(14)3-9(15)5-10/h2-6H,1H3,(H,16,18)(H,17,19). The van der Waals surface area contributed by atoms with Crippen LogP contribution in [0, 0.1) is 6.92 Å². The second-order valence-corrected chi connectivity index (χ2v) is 4.88. The Morgan fingerprint density at radius 1 is 1.16 bits per heavy atom. The number of rotatable bonds is 2. The van der Waals surface area contributed by atoms with Crippen molar-refractivity contribution in [3.8, 4) is 0 Å². The molecule has 0 fully saturated rings. The van der Waals surface area contributed by atoms with Gasteiger partial charge in [-0.05, 0) is 25.1 Å². The summed E-state index contributed by atoms with van der Waals surface area (Å²) < 4.78 is 0. The molecular weight excluding hydrogens is 287 g/mol. The van der Waals surface area contributed by atoms with Crippen molar-refractivity contribution < 1.29 is 4.79 Å². The number of carbonyl (C=O) groups excluding carboxylic acids is 1. The lowest BCUT2D eigenvalue weighted by Crippen LogP contribution is -2.21. The number of hydrogen-bond acceptors (Lipinski definition) is 2. The predicted octanol–water partition coefficient (Wildman–Crippen LogP) is 3.24. The smallest absolute Gasteiger partial charge is 0.261 e. The summed E-state index contributed by atoms with van der Waals surface area (Å²) in [6.45, 7) is 1.74. The lowest BCUT2D eigenvalue weighted by Gasteiger charge is -2.06. The van der Waals surface area contributed by atoms with Crippen LogP contribution in [0.5, 0.6) is 0 Å². The first kappa shape index (κ1) is 13.6. The van der Waals surface area contributed by atoms with Gasteiger partial charge in [0, 0.05) is 33.7 Å². The molecule has 0 unspecified atom stereocenters. The first-order valence-electron chi connectivity index (χ1n) is 5.42. The highest BCUT2D eigenvalue weighted by atomic mass is 35.5. The van der Waals surface area contributed by atoms with Gasteiger partial charge in [0.25, 0.3) is 5.91 Å². The van der Waals surface area contributed by atoms with Gasteiger partial charge in [0.15, 0.2) is 5.43 Å². The zero-order chi connectivity index (χ0) is 14.0. The fourth-order valence-corrected chi connectivity index (χ4v) is 2.10. The van der Waals surface area contributed by atoms with Gasteiger partial charge in [0.05, 0.1) is 0 Å². The zero-order valence-corrected chi connectivity index (χ0v) is 11.5. The summed E-state index contributed by atoms with van der Waals surface area (Å²) in [4.78, 5) is 26.4. The van der Waals surface area contributed by atoms with Gasteiger partial charge < -0.3 is 10.3 Å². The Kier molecular flexibility index (Phi) is 3.93. The second kappa shape index (κ2) is 5.47. The van der Waals surface area contributed by atoms with Gasteiger partial charge in [-0.2, -0.15) is 0 Å². The number of benzene rings is 1. The van der Waals surface area contributed by atoms with E-state index in [9.17, 15) is 9.59 Å². The highest BCUT2D eigenvalue weighted by Crippen LogP contribution is 2.22. The van der Waals surface area contributed by atoms with Crippen molar-refractivity contribution in [3.63, 3.8) is 0 Å². The van der Waals surface area contributed by atoms with Crippen LogP contribution in [-0.2, 0) is 0 Å². The fourth-order valence-electron chi connectivity index (χ4n) is 1.58. The highest BCUT2D eigenvalue weighted by molar-refractivity contribution is 6.35. The molecule has 2 N–H and O–H groups in total. The van der Waals surface area contributed by atoms with Gasteiger partial charge in [0.1, 0.15) is 5.56 Å². The minimum Gasteiger partial charge on any atom is -0.364 e. The van der Waals surface area contributed by atoms with Crippen LogP contribution in [0.2, 0.25) is 10.0 Å². The van der Waals surface area contributed by atoms with Crippen molar-refractivity contribution in [1.82, 2.24) is 4.98 Å². The van der Waals surface area contributed by atoms with Crippen LogP contribution < -0.4 is 10.7 Å². The third-order valence-corrected chi connectivity index (χ3v) is 2.86. The fraction of sp³-hybridized carbons (Fsp3) is 0.0769. The number of pyridine rings is 1. The second-order valence-electron chi connectivity index (χ2n) is 4.01. The summed E-state index contributed by atoms with van der Waals surface area (Å²) in [7, 11) is 0. The van der Waals surface area contributed by atoms with Crippen molar-refractivity contribution >= 4 is 34.8 Å². The molecule has 2 aromatic rings. The number of amides is 1. The van der Waals surface area contributed by atoms with Crippen molar-refractivity contribution in [3.05, 3.63) is 62.0 Å². The van der Waals surface area contributed by atoms with E-state index < -0.39 is 5.91 Å². The lowest BCUT2D eigenvalue weighted by molar-refractivity contribution is 0.102. The van der Waals surface area contributed by atoms with Crippen molar-refractivity contribution in [1.29, 1.82) is 0 Å². The van der Waals surface area contributed by atoms with Gasteiger partial charge in [-0.3, -0.25) is 9.59 Å². The van der Waals surface area contributed by atoms with Crippen LogP contribution in [0.1, 0.15) is 16.1 Å². The average molecular weight is 297 g/mol. The molecule has 0 aliphatic heterocycles. The van der Waals surface area contributed by atoms with Gasteiger partial charge >= 0.3 is 0 Å². The van der Waals surface area contributed by atoms with Crippen LogP contribution in [0.15, 0.2) is 35.3 Å². The number of aromatic amines is 1. The number of aryl methyl sites for hydroxylation is 1. The number of nitrogens with one attached hydrogen (secondary N) is 2. The topological polar surface area (TPSA) is 62.0 Å². The number of hydrogen-bond donors (Lipinski definition) is 2. The van der Waals surface area contributed by atoms with Crippen LogP contribution in [0.25, 0.3) is 0 Å². The van der Waals surface area contributed by atoms with Crippen LogP contribution >= 0.6 is 23.2 Å². The maximum Gasteiger partial charge on any atom is 0.261 e. The maximum atomic E-state index is 12.0. The Balaban J connectivity index is 2.28. The Morgan fingerprint density at radius 3 is 2.37 bits per heavy atom. The monoisotopic (exact) mass is 296 g/mol. The Hall–Kier alpha value is -1.78. The van der Waals surface area contributed by atoms with E-state index in [1.165, 1.54) is 12.3 Å². The van der Waals surface area contributed by atoms with Crippen LogP contribution in [-0.4, -0.2) is 10.9 Å². The molecule has 1 aromatic heterocycles. The summed E-state index contributed by atoms with van der Waals surface area (Å²) in [5.41, 5.74) is 0.804. The molecule has 1 aromatic carbocycles. The minimum atomic E-state index is -0.514. The number of aromatic nitrogens is 1. The number of carbonyl (C=O) groups is 1. The molecule has 0 spiro atoms. The minimum absolute atomic E-state index is 0.0293. The molecule has 1 amide bonds. The molecule has 1 heterocycles. The lowest BCUT2D eigenvalue weighted by atomic mass is 10.2. The summed E-state index contributed by atoms with van der Waals surface area (Å²) in [6.07, 6.45) is 1.37. The molecule has 98 valence electrons. The van der Waals surface area contributed by atoms with E-state index in [0.29, 0.717) is 21.4 Å². The zero-order valence-electron chi connectivity index (χ0n) is 9.96. The Morgan fingerprint density at radius 2 is 1.79 bits per heavy atom. The summed E-state index contributed by atoms with van der Waals surface area (Å²) >= 11 is 11.7. The Labute approximate surface area is 119 Å². The molecule has 0 aliphatic carbocycles. The molecule has 0 atom stereocenters. The molecular formula is C13H10Cl2N2O2. The molecule has 2 rings (SSSR count). The largest absolute Gasteiger partial charge is 0.364 e. The SMILES string of the molecule is Cc1cc(=O)c(C(=O)Nc2cc(Cl)cc(Cl)c2)c[nH]1. The summed E-state index contributed by atoms with van der Waals surface area (Å²) in [5, 5.41) is 3.38. The van der Waals surface area contributed by atoms with Crippen LogP contribution in [0.4, 0.5) is 5.69 Å². The van der Waals surface area contributed by atoms with Gasteiger partial charge in [-0.1, -0.05) is 23.2 Å². The predicted molar refractivity (Wildman–Crippen MR) is 76.2 cm³/mol. The number of anilines is 1. The molecule has 0 radical (unpaired) electrons. The van der Waals surface area contributed by atoms with Gasteiger partial charge in [-0.25, -0.2) is 0 Å². The van der Waals surface area contributed by atoms with Crippen LogP contribution in [0.3, 0.4) is 0 Å². The molecule has 0 aliphatic rings. The van der Waals surface area contributed by atoms with E-state index in [1.54, 1.807) is 25.1 Å².